The van der Waals surface area contributed by atoms with Crippen molar-refractivity contribution in [1.82, 2.24) is 20.2 Å². The molecule has 1 aromatic heterocycles. The van der Waals surface area contributed by atoms with E-state index in [9.17, 15) is 9.59 Å². The number of nitrogens with zero attached hydrogens (tertiary/aromatic N) is 5. The third-order valence-electron chi connectivity index (χ3n) is 4.59. The van der Waals surface area contributed by atoms with E-state index in [1.165, 1.54) is 11.8 Å². The van der Waals surface area contributed by atoms with Crippen LogP contribution in [-0.4, -0.2) is 44.3 Å². The number of hydrogen-bond acceptors (Lipinski definition) is 6. The Hall–Kier alpha value is -3.20. The zero-order chi connectivity index (χ0) is 20.2. The SMILES string of the molecule is Cc1ccc(-n2nnnc2SCC(=O)Nc2ccccc2N2CCCC2=O)cc1. The number of benzene rings is 2. The summed E-state index contributed by atoms with van der Waals surface area (Å²) in [5.41, 5.74) is 3.34. The summed E-state index contributed by atoms with van der Waals surface area (Å²) < 4.78 is 1.61. The lowest BCUT2D eigenvalue weighted by Crippen LogP contribution is -2.26. The molecule has 4 rings (SSSR count). The molecule has 1 N–H and O–H groups in total. The van der Waals surface area contributed by atoms with Gasteiger partial charge in [-0.05, 0) is 48.0 Å². The minimum atomic E-state index is -0.187. The van der Waals surface area contributed by atoms with Crippen LogP contribution in [0.5, 0.6) is 0 Å². The van der Waals surface area contributed by atoms with Crippen molar-refractivity contribution in [1.29, 1.82) is 0 Å². The second kappa shape index (κ2) is 8.44. The summed E-state index contributed by atoms with van der Waals surface area (Å²) in [6.45, 7) is 2.68. The number of carbonyl (C=O) groups is 2. The zero-order valence-electron chi connectivity index (χ0n) is 15.9. The van der Waals surface area contributed by atoms with E-state index < -0.39 is 0 Å². The summed E-state index contributed by atoms with van der Waals surface area (Å²) in [6.07, 6.45) is 1.37. The van der Waals surface area contributed by atoms with Gasteiger partial charge in [0.1, 0.15) is 0 Å². The van der Waals surface area contributed by atoms with Gasteiger partial charge in [-0.3, -0.25) is 9.59 Å². The lowest BCUT2D eigenvalue weighted by molar-refractivity contribution is -0.117. The highest BCUT2D eigenvalue weighted by atomic mass is 32.2. The Morgan fingerprint density at radius 2 is 1.97 bits per heavy atom. The molecule has 3 aromatic rings. The molecule has 148 valence electrons. The first-order chi connectivity index (χ1) is 14.1. The van der Waals surface area contributed by atoms with Gasteiger partial charge in [-0.2, -0.15) is 4.68 Å². The van der Waals surface area contributed by atoms with E-state index in [2.05, 4.69) is 20.8 Å². The molecule has 0 radical (unpaired) electrons. The monoisotopic (exact) mass is 408 g/mol. The van der Waals surface area contributed by atoms with Crippen LogP contribution in [-0.2, 0) is 9.59 Å². The molecule has 0 aliphatic carbocycles. The molecule has 1 saturated heterocycles. The molecule has 1 fully saturated rings. The normalized spacial score (nSPS) is 13.7. The van der Waals surface area contributed by atoms with Gasteiger partial charge in [-0.15, -0.1) is 5.10 Å². The predicted molar refractivity (Wildman–Crippen MR) is 111 cm³/mol. The van der Waals surface area contributed by atoms with E-state index in [4.69, 9.17) is 0 Å². The van der Waals surface area contributed by atoms with Gasteiger partial charge in [0.25, 0.3) is 0 Å². The Labute approximate surface area is 172 Å². The molecule has 9 heteroatoms. The fourth-order valence-corrected chi connectivity index (χ4v) is 3.84. The lowest BCUT2D eigenvalue weighted by atomic mass is 10.2. The molecule has 2 aromatic carbocycles. The van der Waals surface area contributed by atoms with Crippen molar-refractivity contribution in [3.63, 3.8) is 0 Å². The first-order valence-electron chi connectivity index (χ1n) is 9.29. The van der Waals surface area contributed by atoms with Crippen LogP contribution in [0.15, 0.2) is 53.7 Å². The Morgan fingerprint density at radius 3 is 2.72 bits per heavy atom. The summed E-state index contributed by atoms with van der Waals surface area (Å²) in [6, 6.07) is 15.2. The van der Waals surface area contributed by atoms with Gasteiger partial charge >= 0.3 is 0 Å². The van der Waals surface area contributed by atoms with Crippen LogP contribution in [0.4, 0.5) is 11.4 Å². The summed E-state index contributed by atoms with van der Waals surface area (Å²) in [7, 11) is 0. The Kier molecular flexibility index (Phi) is 5.57. The van der Waals surface area contributed by atoms with Crippen molar-refractivity contribution < 1.29 is 9.59 Å². The highest BCUT2D eigenvalue weighted by Crippen LogP contribution is 2.29. The van der Waals surface area contributed by atoms with Crippen LogP contribution >= 0.6 is 11.8 Å². The number of hydrogen-bond donors (Lipinski definition) is 1. The van der Waals surface area contributed by atoms with Gasteiger partial charge in [0, 0.05) is 13.0 Å². The molecule has 29 heavy (non-hydrogen) atoms. The number of aromatic nitrogens is 4. The summed E-state index contributed by atoms with van der Waals surface area (Å²) in [5.74, 6) is 0.0417. The quantitative estimate of drug-likeness (QED) is 0.631. The second-order valence-corrected chi connectivity index (χ2v) is 7.65. The van der Waals surface area contributed by atoms with Gasteiger partial charge in [0.2, 0.25) is 17.0 Å². The number of para-hydroxylation sites is 2. The Balaban J connectivity index is 1.43. The average molecular weight is 408 g/mol. The molecule has 0 atom stereocenters. The number of tetrazole rings is 1. The van der Waals surface area contributed by atoms with Crippen LogP contribution in [0.3, 0.4) is 0 Å². The smallest absolute Gasteiger partial charge is 0.234 e. The summed E-state index contributed by atoms with van der Waals surface area (Å²) in [4.78, 5) is 26.3. The van der Waals surface area contributed by atoms with E-state index in [0.717, 1.165) is 23.4 Å². The fraction of sp³-hybridized carbons (Fsp3) is 0.250. The fourth-order valence-electron chi connectivity index (χ4n) is 3.15. The van der Waals surface area contributed by atoms with E-state index in [0.29, 0.717) is 23.8 Å². The first-order valence-corrected chi connectivity index (χ1v) is 10.3. The largest absolute Gasteiger partial charge is 0.324 e. The van der Waals surface area contributed by atoms with Crippen molar-refractivity contribution >= 4 is 35.0 Å². The molecule has 2 heterocycles. The van der Waals surface area contributed by atoms with Crippen molar-refractivity contribution in [2.75, 3.05) is 22.5 Å². The van der Waals surface area contributed by atoms with Crippen molar-refractivity contribution in [3.05, 3.63) is 54.1 Å². The molecule has 0 spiro atoms. The maximum absolute atomic E-state index is 12.5. The maximum atomic E-state index is 12.5. The van der Waals surface area contributed by atoms with Crippen LogP contribution < -0.4 is 10.2 Å². The number of anilines is 2. The van der Waals surface area contributed by atoms with Gasteiger partial charge in [-0.1, -0.05) is 41.6 Å². The van der Waals surface area contributed by atoms with E-state index in [1.54, 1.807) is 15.6 Å². The molecule has 1 aliphatic heterocycles. The van der Waals surface area contributed by atoms with Crippen LogP contribution in [0.1, 0.15) is 18.4 Å². The Morgan fingerprint density at radius 1 is 1.17 bits per heavy atom. The highest BCUT2D eigenvalue weighted by molar-refractivity contribution is 7.99. The van der Waals surface area contributed by atoms with Crippen molar-refractivity contribution in [3.8, 4) is 5.69 Å². The van der Waals surface area contributed by atoms with E-state index in [1.807, 2.05) is 49.4 Å². The van der Waals surface area contributed by atoms with E-state index in [-0.39, 0.29) is 17.6 Å². The molecule has 8 nitrogen and oxygen atoms in total. The van der Waals surface area contributed by atoms with Gasteiger partial charge in [0.15, 0.2) is 0 Å². The van der Waals surface area contributed by atoms with Gasteiger partial charge < -0.3 is 10.2 Å². The number of amides is 2. The zero-order valence-corrected chi connectivity index (χ0v) is 16.7. The average Bonchev–Trinajstić information content (AvgIpc) is 3.36. The van der Waals surface area contributed by atoms with E-state index >= 15 is 0 Å². The standard InChI is InChI=1S/C20H20N6O2S/c1-14-8-10-15(11-9-14)26-20(22-23-24-26)29-13-18(27)21-16-5-2-3-6-17(16)25-12-4-7-19(25)28/h2-3,5-6,8-11H,4,7,12-13H2,1H3,(H,21,27). The van der Waals surface area contributed by atoms with Crippen molar-refractivity contribution in [2.24, 2.45) is 0 Å². The molecule has 1 aliphatic rings. The third-order valence-corrected chi connectivity index (χ3v) is 5.51. The first kappa shape index (κ1) is 19.1. The topological polar surface area (TPSA) is 93.0 Å². The van der Waals surface area contributed by atoms with Crippen molar-refractivity contribution in [2.45, 2.75) is 24.9 Å². The third kappa shape index (κ3) is 4.29. The minimum absolute atomic E-state index is 0.0818. The molecule has 0 saturated carbocycles. The number of rotatable bonds is 6. The summed E-state index contributed by atoms with van der Waals surface area (Å²) in [5, 5.41) is 15.2. The predicted octanol–water partition coefficient (Wildman–Crippen LogP) is 2.83. The number of nitrogens with one attached hydrogen (secondary N) is 1. The number of thioether (sulfide) groups is 1. The van der Waals surface area contributed by atoms with Gasteiger partial charge in [-0.25, -0.2) is 0 Å². The van der Waals surface area contributed by atoms with Crippen LogP contribution in [0.25, 0.3) is 5.69 Å². The Bertz CT molecular complexity index is 1030. The highest BCUT2D eigenvalue weighted by Gasteiger charge is 2.24. The maximum Gasteiger partial charge on any atom is 0.234 e. The summed E-state index contributed by atoms with van der Waals surface area (Å²) >= 11 is 1.25. The molecular formula is C20H20N6O2S. The molecular weight excluding hydrogens is 388 g/mol. The number of aryl methyl sites for hydroxylation is 1. The molecule has 0 unspecified atom stereocenters. The molecule has 2 amide bonds. The second-order valence-electron chi connectivity index (χ2n) is 6.71. The van der Waals surface area contributed by atoms with Gasteiger partial charge in [0.05, 0.1) is 22.8 Å². The van der Waals surface area contributed by atoms with Crippen LogP contribution in [0.2, 0.25) is 0 Å². The number of carbonyl (C=O) groups excluding carboxylic acids is 2. The van der Waals surface area contributed by atoms with Crippen LogP contribution in [0, 0.1) is 6.92 Å². The lowest BCUT2D eigenvalue weighted by Gasteiger charge is -2.19. The minimum Gasteiger partial charge on any atom is -0.324 e. The molecule has 0 bridgehead atoms.